The number of nitro groups is 1. The average Bonchev–Trinajstić information content (AvgIpc) is 2.75. The van der Waals surface area contributed by atoms with Gasteiger partial charge < -0.3 is 25.2 Å². The van der Waals surface area contributed by atoms with Crippen molar-refractivity contribution in [3.05, 3.63) is 70.4 Å². The molecule has 1 atom stereocenters. The number of nitrogens with zero attached hydrogens (tertiary/aromatic N) is 1. The molecule has 3 N–H and O–H groups in total. The number of nitro benzene ring substituents is 1. The topological polar surface area (TPSA) is 106 Å². The van der Waals surface area contributed by atoms with Gasteiger partial charge in [0.05, 0.1) is 17.6 Å². The molecule has 0 aliphatic carbocycles. The molecular formula is C22H31N3O5. The van der Waals surface area contributed by atoms with Gasteiger partial charge in [-0.3, -0.25) is 10.1 Å². The summed E-state index contributed by atoms with van der Waals surface area (Å²) in [7, 11) is 0. The molecule has 1 unspecified atom stereocenters. The van der Waals surface area contributed by atoms with Crippen molar-refractivity contribution in [3.63, 3.8) is 0 Å². The van der Waals surface area contributed by atoms with E-state index in [1.807, 2.05) is 12.2 Å². The minimum Gasteiger partial charge on any atom is -0.489 e. The first-order chi connectivity index (χ1) is 14.5. The van der Waals surface area contributed by atoms with Crippen LogP contribution in [0.4, 0.5) is 5.69 Å². The number of allylic oxidation sites excluding steroid dienone is 2. The quantitative estimate of drug-likeness (QED) is 0.194. The van der Waals surface area contributed by atoms with Crippen LogP contribution in [-0.4, -0.2) is 35.9 Å². The molecule has 0 spiro atoms. The van der Waals surface area contributed by atoms with Crippen molar-refractivity contribution in [2.24, 2.45) is 0 Å². The van der Waals surface area contributed by atoms with E-state index in [2.05, 4.69) is 17.6 Å². The normalized spacial score (nSPS) is 14.8. The van der Waals surface area contributed by atoms with Crippen LogP contribution in [0.15, 0.2) is 54.7 Å². The molecule has 164 valence electrons. The van der Waals surface area contributed by atoms with Crippen molar-refractivity contribution in [2.45, 2.75) is 45.1 Å². The molecule has 1 heterocycles. The van der Waals surface area contributed by atoms with Crippen LogP contribution in [0.1, 0.15) is 44.6 Å². The number of aliphatic hydroxyl groups excluding tert-OH is 1. The molecule has 0 radical (unpaired) electrons. The Bertz CT molecular complexity index is 762. The maximum absolute atomic E-state index is 11.2. The van der Waals surface area contributed by atoms with E-state index < -0.39 is 11.0 Å². The van der Waals surface area contributed by atoms with Gasteiger partial charge >= 0.3 is 0 Å². The van der Waals surface area contributed by atoms with Gasteiger partial charge in [-0.2, -0.15) is 0 Å². The zero-order valence-corrected chi connectivity index (χ0v) is 17.5. The second-order valence-electron chi connectivity index (χ2n) is 7.05. The van der Waals surface area contributed by atoms with Gasteiger partial charge in [0.1, 0.15) is 12.4 Å². The minimum absolute atomic E-state index is 0.0202. The molecule has 1 aliphatic heterocycles. The summed E-state index contributed by atoms with van der Waals surface area (Å²) in [5.41, 5.74) is 0.737. The Morgan fingerprint density at radius 2 is 2.13 bits per heavy atom. The standard InChI is InChI=1S/C22H31N3O5/c1-3-4-5-13-30-22(24-16-17(2)26)10-14-29-21-7-6-19(25(27)28)15-20(21)18-8-11-23-12-9-18/h6-12,15,17-18,23-24,26H,3-5,13-14,16H2,1-2H3. The number of rotatable bonds is 13. The molecule has 8 nitrogen and oxygen atoms in total. The molecular weight excluding hydrogens is 386 g/mol. The van der Waals surface area contributed by atoms with Crippen LogP contribution >= 0.6 is 0 Å². The van der Waals surface area contributed by atoms with E-state index in [1.165, 1.54) is 12.1 Å². The van der Waals surface area contributed by atoms with Crippen LogP contribution in [0, 0.1) is 10.1 Å². The molecule has 8 heteroatoms. The van der Waals surface area contributed by atoms with Gasteiger partial charge in [-0.1, -0.05) is 31.9 Å². The summed E-state index contributed by atoms with van der Waals surface area (Å²) < 4.78 is 11.7. The van der Waals surface area contributed by atoms with Gasteiger partial charge in [0.15, 0.2) is 5.88 Å². The Labute approximate surface area is 177 Å². The summed E-state index contributed by atoms with van der Waals surface area (Å²) >= 11 is 0. The highest BCUT2D eigenvalue weighted by Gasteiger charge is 2.17. The molecule has 0 aromatic heterocycles. The van der Waals surface area contributed by atoms with E-state index in [9.17, 15) is 15.2 Å². The van der Waals surface area contributed by atoms with E-state index >= 15 is 0 Å². The Hall–Kier alpha value is -3.00. The van der Waals surface area contributed by atoms with Gasteiger partial charge in [-0.25, -0.2) is 0 Å². The van der Waals surface area contributed by atoms with Crippen LogP contribution in [-0.2, 0) is 4.74 Å². The zero-order chi connectivity index (χ0) is 21.8. The molecule has 30 heavy (non-hydrogen) atoms. The predicted molar refractivity (Wildman–Crippen MR) is 116 cm³/mol. The lowest BCUT2D eigenvalue weighted by Crippen LogP contribution is -2.26. The fraction of sp³-hybridized carbons (Fsp3) is 0.455. The van der Waals surface area contributed by atoms with E-state index in [0.29, 0.717) is 30.3 Å². The second-order valence-corrected chi connectivity index (χ2v) is 7.05. The highest BCUT2D eigenvalue weighted by Crippen LogP contribution is 2.33. The van der Waals surface area contributed by atoms with Crippen LogP contribution in [0.2, 0.25) is 0 Å². The Morgan fingerprint density at radius 1 is 1.37 bits per heavy atom. The first-order valence-corrected chi connectivity index (χ1v) is 10.3. The summed E-state index contributed by atoms with van der Waals surface area (Å²) in [4.78, 5) is 10.8. The van der Waals surface area contributed by atoms with Crippen molar-refractivity contribution < 1.29 is 19.5 Å². The summed E-state index contributed by atoms with van der Waals surface area (Å²) in [6.07, 6.45) is 11.8. The van der Waals surface area contributed by atoms with Gasteiger partial charge in [-0.15, -0.1) is 0 Å². The van der Waals surface area contributed by atoms with E-state index in [1.54, 1.807) is 31.5 Å². The van der Waals surface area contributed by atoms with E-state index in [4.69, 9.17) is 9.47 Å². The number of non-ortho nitro benzene ring substituents is 1. The van der Waals surface area contributed by atoms with E-state index in [-0.39, 0.29) is 18.2 Å². The molecule has 1 aromatic rings. The summed E-state index contributed by atoms with van der Waals surface area (Å²) in [5, 5.41) is 26.7. The lowest BCUT2D eigenvalue weighted by molar-refractivity contribution is -0.384. The van der Waals surface area contributed by atoms with Crippen LogP contribution in [0.25, 0.3) is 0 Å². The second kappa shape index (κ2) is 12.5. The molecule has 0 saturated carbocycles. The number of dihydropyridines is 1. The first kappa shape index (κ1) is 23.3. The lowest BCUT2D eigenvalue weighted by atomic mass is 9.96. The molecule has 0 saturated heterocycles. The van der Waals surface area contributed by atoms with Crippen LogP contribution in [0.3, 0.4) is 0 Å². The SMILES string of the molecule is CCCCCOC(=CCOc1ccc([N+](=O)[O-])cc1C1C=CNC=C1)NCC(C)O. The number of unbranched alkanes of at least 4 members (excludes halogenated alkanes) is 2. The monoisotopic (exact) mass is 417 g/mol. The van der Waals surface area contributed by atoms with Gasteiger partial charge in [0, 0.05) is 36.2 Å². The molecule has 0 amide bonds. The first-order valence-electron chi connectivity index (χ1n) is 10.3. The smallest absolute Gasteiger partial charge is 0.270 e. The number of aliphatic hydroxyl groups is 1. The third kappa shape index (κ3) is 7.79. The predicted octanol–water partition coefficient (Wildman–Crippen LogP) is 3.71. The highest BCUT2D eigenvalue weighted by atomic mass is 16.6. The number of hydrogen-bond acceptors (Lipinski definition) is 7. The van der Waals surface area contributed by atoms with Crippen molar-refractivity contribution in [3.8, 4) is 5.75 Å². The van der Waals surface area contributed by atoms with Crippen molar-refractivity contribution >= 4 is 5.69 Å². The maximum Gasteiger partial charge on any atom is 0.270 e. The highest BCUT2D eigenvalue weighted by molar-refractivity contribution is 5.49. The fourth-order valence-electron chi connectivity index (χ4n) is 2.86. The largest absolute Gasteiger partial charge is 0.489 e. The maximum atomic E-state index is 11.2. The Morgan fingerprint density at radius 3 is 2.80 bits per heavy atom. The minimum atomic E-state index is -0.506. The van der Waals surface area contributed by atoms with Crippen molar-refractivity contribution in [2.75, 3.05) is 19.8 Å². The number of nitrogens with one attached hydrogen (secondary N) is 2. The number of benzene rings is 1. The third-order valence-electron chi connectivity index (χ3n) is 4.45. The Balaban J connectivity index is 2.09. The molecule has 0 bridgehead atoms. The fourth-order valence-corrected chi connectivity index (χ4v) is 2.86. The summed E-state index contributed by atoms with van der Waals surface area (Å²) in [6.45, 7) is 5.00. The zero-order valence-electron chi connectivity index (χ0n) is 17.5. The van der Waals surface area contributed by atoms with Crippen molar-refractivity contribution in [1.29, 1.82) is 0 Å². The molecule has 2 rings (SSSR count). The number of ether oxygens (including phenoxy) is 2. The summed E-state index contributed by atoms with van der Waals surface area (Å²) in [5.74, 6) is 0.999. The lowest BCUT2D eigenvalue weighted by Gasteiger charge is -2.17. The average molecular weight is 418 g/mol. The van der Waals surface area contributed by atoms with Crippen molar-refractivity contribution in [1.82, 2.24) is 10.6 Å². The summed E-state index contributed by atoms with van der Waals surface area (Å²) in [6, 6.07) is 4.60. The van der Waals surface area contributed by atoms with Crippen LogP contribution < -0.4 is 15.4 Å². The van der Waals surface area contributed by atoms with Gasteiger partial charge in [-0.05, 0) is 31.8 Å². The molecule has 1 aromatic carbocycles. The van der Waals surface area contributed by atoms with Gasteiger partial charge in [0.2, 0.25) is 0 Å². The molecule has 0 fully saturated rings. The third-order valence-corrected chi connectivity index (χ3v) is 4.45. The van der Waals surface area contributed by atoms with Gasteiger partial charge in [0.25, 0.3) is 5.69 Å². The Kier molecular flexibility index (Phi) is 9.73. The number of hydrogen-bond donors (Lipinski definition) is 3. The van der Waals surface area contributed by atoms with E-state index in [0.717, 1.165) is 19.3 Å². The van der Waals surface area contributed by atoms with Crippen LogP contribution in [0.5, 0.6) is 5.75 Å². The molecule has 1 aliphatic rings.